The van der Waals surface area contributed by atoms with E-state index >= 15 is 13.2 Å². The van der Waals surface area contributed by atoms with E-state index in [4.69, 9.17) is 19.9 Å². The molecule has 0 amide bonds. The van der Waals surface area contributed by atoms with Crippen molar-refractivity contribution in [1.29, 1.82) is 0 Å². The summed E-state index contributed by atoms with van der Waals surface area (Å²) in [6, 6.07) is 45.5. The van der Waals surface area contributed by atoms with Crippen molar-refractivity contribution in [3.63, 3.8) is 0 Å². The quantitative estimate of drug-likeness (QED) is 0.150. The molecule has 0 radical (unpaired) electrons. The number of halogens is 9. The standard InChI is InChI=1S/C53H30F9N5/c54-51(55,56)35-21-23-46-38(25-35)39-26-36(52(57,58)59)22-24-47(39)67(46)48-40(49-63-42(31-13-5-1-6-14-31)29-43(64-49)32-15-7-2-8-16-32)27-37(53(60,61)62)28-41(48)50-65-44(33-17-9-3-10-18-33)30-45(66-50)34-19-11-4-12-20-34/h1-30H. The molecule has 0 atom stereocenters. The Kier molecular flexibility index (Phi) is 10.5. The van der Waals surface area contributed by atoms with E-state index in [1.54, 1.807) is 133 Å². The molecule has 10 aromatic rings. The van der Waals surface area contributed by atoms with Crippen molar-refractivity contribution in [2.75, 3.05) is 0 Å². The zero-order valence-electron chi connectivity index (χ0n) is 34.5. The van der Waals surface area contributed by atoms with E-state index < -0.39 is 35.2 Å². The Balaban J connectivity index is 1.41. The molecule has 330 valence electrons. The van der Waals surface area contributed by atoms with Gasteiger partial charge < -0.3 is 4.57 Å². The smallest absolute Gasteiger partial charge is 0.308 e. The molecule has 0 aliphatic heterocycles. The first-order valence-corrected chi connectivity index (χ1v) is 20.6. The van der Waals surface area contributed by atoms with Gasteiger partial charge in [0.2, 0.25) is 0 Å². The van der Waals surface area contributed by atoms with Gasteiger partial charge in [-0.15, -0.1) is 0 Å². The van der Waals surface area contributed by atoms with Gasteiger partial charge in [0, 0.05) is 44.2 Å². The highest BCUT2D eigenvalue weighted by Gasteiger charge is 2.37. The lowest BCUT2D eigenvalue weighted by Gasteiger charge is -2.21. The first-order valence-electron chi connectivity index (χ1n) is 20.6. The lowest BCUT2D eigenvalue weighted by atomic mass is 9.98. The molecule has 0 bridgehead atoms. The lowest BCUT2D eigenvalue weighted by Crippen LogP contribution is -2.11. The molecule has 3 heterocycles. The number of nitrogens with zero attached hydrogens (tertiary/aromatic N) is 5. The van der Waals surface area contributed by atoms with Gasteiger partial charge in [0.15, 0.2) is 11.6 Å². The van der Waals surface area contributed by atoms with Crippen LogP contribution in [0.25, 0.3) is 95.3 Å². The van der Waals surface area contributed by atoms with E-state index in [1.807, 2.05) is 0 Å². The summed E-state index contributed by atoms with van der Waals surface area (Å²) in [5.74, 6) is -0.474. The van der Waals surface area contributed by atoms with Crippen LogP contribution in [0, 0.1) is 0 Å². The molecule has 67 heavy (non-hydrogen) atoms. The fourth-order valence-corrected chi connectivity index (χ4v) is 8.16. The van der Waals surface area contributed by atoms with Crippen LogP contribution in [0.3, 0.4) is 0 Å². The zero-order chi connectivity index (χ0) is 46.7. The van der Waals surface area contributed by atoms with Gasteiger partial charge in [-0.05, 0) is 60.7 Å². The van der Waals surface area contributed by atoms with Crippen molar-refractivity contribution in [1.82, 2.24) is 24.5 Å². The maximum absolute atomic E-state index is 15.5. The van der Waals surface area contributed by atoms with Crippen LogP contribution in [0.1, 0.15) is 16.7 Å². The second-order valence-electron chi connectivity index (χ2n) is 15.6. The molecule has 0 aliphatic rings. The third-order valence-electron chi connectivity index (χ3n) is 11.3. The first-order chi connectivity index (χ1) is 32.1. The minimum atomic E-state index is -5.02. The average Bonchev–Trinajstić information content (AvgIpc) is 3.66. The van der Waals surface area contributed by atoms with Crippen molar-refractivity contribution < 1.29 is 39.5 Å². The van der Waals surface area contributed by atoms with Crippen molar-refractivity contribution in [3.8, 4) is 73.5 Å². The van der Waals surface area contributed by atoms with Gasteiger partial charge in [-0.2, -0.15) is 39.5 Å². The lowest BCUT2D eigenvalue weighted by molar-refractivity contribution is -0.138. The molecule has 7 aromatic carbocycles. The van der Waals surface area contributed by atoms with Gasteiger partial charge in [-0.25, -0.2) is 19.9 Å². The zero-order valence-corrected chi connectivity index (χ0v) is 34.5. The maximum atomic E-state index is 15.5. The number of aromatic nitrogens is 5. The number of alkyl halides is 9. The Morgan fingerprint density at radius 1 is 0.313 bits per heavy atom. The van der Waals surface area contributed by atoms with Gasteiger partial charge in [-0.1, -0.05) is 121 Å². The summed E-state index contributed by atoms with van der Waals surface area (Å²) in [5, 5.41) is -0.499. The Morgan fingerprint density at radius 3 is 0.896 bits per heavy atom. The maximum Gasteiger partial charge on any atom is 0.416 e. The Hall–Kier alpha value is -8.13. The molecule has 0 saturated heterocycles. The predicted molar refractivity (Wildman–Crippen MR) is 240 cm³/mol. The van der Waals surface area contributed by atoms with Crippen LogP contribution in [-0.2, 0) is 18.5 Å². The predicted octanol–water partition coefficient (Wildman–Crippen LogP) is 15.4. The largest absolute Gasteiger partial charge is 0.416 e. The minimum Gasteiger partial charge on any atom is -0.308 e. The summed E-state index contributed by atoms with van der Waals surface area (Å²) >= 11 is 0. The molecule has 0 fully saturated rings. The molecular formula is C53H30F9N5. The molecule has 0 aliphatic carbocycles. The second-order valence-corrected chi connectivity index (χ2v) is 15.6. The molecule has 0 spiro atoms. The van der Waals surface area contributed by atoms with Gasteiger partial charge in [0.1, 0.15) is 0 Å². The fourth-order valence-electron chi connectivity index (χ4n) is 8.16. The van der Waals surface area contributed by atoms with Crippen LogP contribution in [-0.4, -0.2) is 24.5 Å². The SMILES string of the molecule is FC(F)(F)c1cc(-c2nc(-c3ccccc3)cc(-c3ccccc3)n2)c(-n2c3ccc(C(F)(F)F)cc3c3cc(C(F)(F)F)ccc32)c(-c2nc(-c3ccccc3)cc(-c3ccccc3)n2)c1. The number of fused-ring (bicyclic) bond motifs is 3. The molecule has 10 rings (SSSR count). The molecular weight excluding hydrogens is 878 g/mol. The summed E-state index contributed by atoms with van der Waals surface area (Å²) in [7, 11) is 0. The molecule has 5 nitrogen and oxygen atoms in total. The summed E-state index contributed by atoms with van der Waals surface area (Å²) in [5.41, 5.74) is -0.685. The summed E-state index contributed by atoms with van der Waals surface area (Å²) < 4.78 is 135. The van der Waals surface area contributed by atoms with Gasteiger partial charge >= 0.3 is 18.5 Å². The van der Waals surface area contributed by atoms with Crippen molar-refractivity contribution in [2.24, 2.45) is 0 Å². The molecule has 0 saturated carbocycles. The van der Waals surface area contributed by atoms with Crippen LogP contribution in [0.15, 0.2) is 182 Å². The monoisotopic (exact) mass is 907 g/mol. The number of hydrogen-bond acceptors (Lipinski definition) is 4. The van der Waals surface area contributed by atoms with E-state index in [1.165, 1.54) is 4.57 Å². The summed E-state index contributed by atoms with van der Waals surface area (Å²) in [4.78, 5) is 19.5. The first kappa shape index (κ1) is 42.8. The van der Waals surface area contributed by atoms with Crippen LogP contribution in [0.5, 0.6) is 0 Å². The van der Waals surface area contributed by atoms with Crippen LogP contribution < -0.4 is 0 Å². The molecule has 14 heteroatoms. The number of rotatable bonds is 7. The highest BCUT2D eigenvalue weighted by molar-refractivity contribution is 6.11. The van der Waals surface area contributed by atoms with Crippen molar-refractivity contribution in [2.45, 2.75) is 18.5 Å². The van der Waals surface area contributed by atoms with Crippen LogP contribution in [0.2, 0.25) is 0 Å². The molecule has 0 N–H and O–H groups in total. The Bertz CT molecular complexity index is 3130. The van der Waals surface area contributed by atoms with Crippen molar-refractivity contribution >= 4 is 21.8 Å². The van der Waals surface area contributed by atoms with E-state index in [2.05, 4.69) is 0 Å². The normalized spacial score (nSPS) is 12.3. The topological polar surface area (TPSA) is 56.5 Å². The van der Waals surface area contributed by atoms with E-state index in [9.17, 15) is 26.3 Å². The minimum absolute atomic E-state index is 0.0606. The second kappa shape index (κ2) is 16.4. The van der Waals surface area contributed by atoms with Gasteiger partial charge in [0.25, 0.3) is 0 Å². The Morgan fingerprint density at radius 2 is 0.612 bits per heavy atom. The summed E-state index contributed by atoms with van der Waals surface area (Å²) in [6.07, 6.45) is -14.8. The van der Waals surface area contributed by atoms with Crippen LogP contribution >= 0.6 is 0 Å². The van der Waals surface area contributed by atoms with Gasteiger partial charge in [0.05, 0.1) is 56.2 Å². The van der Waals surface area contributed by atoms with E-state index in [-0.39, 0.29) is 50.3 Å². The average molecular weight is 908 g/mol. The van der Waals surface area contributed by atoms with Crippen molar-refractivity contribution in [3.05, 3.63) is 199 Å². The van der Waals surface area contributed by atoms with Crippen LogP contribution in [0.4, 0.5) is 39.5 Å². The third-order valence-corrected chi connectivity index (χ3v) is 11.3. The van der Waals surface area contributed by atoms with Gasteiger partial charge in [-0.3, -0.25) is 0 Å². The molecule has 0 unspecified atom stereocenters. The van der Waals surface area contributed by atoms with E-state index in [0.29, 0.717) is 45.0 Å². The third kappa shape index (κ3) is 8.26. The molecule has 3 aromatic heterocycles. The van der Waals surface area contributed by atoms with E-state index in [0.717, 1.165) is 48.5 Å². The Labute approximate surface area is 375 Å². The fraction of sp³-hybridized carbons (Fsp3) is 0.0566. The number of benzene rings is 7. The highest BCUT2D eigenvalue weighted by Crippen LogP contribution is 2.47. The summed E-state index contributed by atoms with van der Waals surface area (Å²) in [6.45, 7) is 0. The highest BCUT2D eigenvalue weighted by atomic mass is 19.4. The number of hydrogen-bond donors (Lipinski definition) is 0.